The van der Waals surface area contributed by atoms with E-state index in [0.29, 0.717) is 17.9 Å². The summed E-state index contributed by atoms with van der Waals surface area (Å²) in [6.45, 7) is 3.12. The predicted molar refractivity (Wildman–Crippen MR) is 75.9 cm³/mol. The van der Waals surface area contributed by atoms with Gasteiger partial charge in [0.25, 0.3) is 0 Å². The number of hydrogen-bond donors (Lipinski definition) is 1. The summed E-state index contributed by atoms with van der Waals surface area (Å²) < 4.78 is 0.128. The number of alkyl halides is 3. The zero-order valence-corrected chi connectivity index (χ0v) is 12.8. The fourth-order valence-corrected chi connectivity index (χ4v) is 2.44. The van der Waals surface area contributed by atoms with Crippen LogP contribution in [0.3, 0.4) is 0 Å². The number of nitrogens with zero attached hydrogens (tertiary/aromatic N) is 3. The standard InChI is InChI=1S/C11H19Cl3N4/c1-2-3-4-5-6-7-18-10(11(12,13)14)9(8-15)16-17-18/h2-8,15H2,1H3. The van der Waals surface area contributed by atoms with Gasteiger partial charge in [-0.2, -0.15) is 0 Å². The first-order chi connectivity index (χ1) is 8.50. The average Bonchev–Trinajstić information content (AvgIpc) is 2.71. The summed E-state index contributed by atoms with van der Waals surface area (Å²) in [5, 5.41) is 7.96. The summed E-state index contributed by atoms with van der Waals surface area (Å²) in [5.74, 6) is 0. The second-order valence-electron chi connectivity index (χ2n) is 4.22. The Morgan fingerprint density at radius 2 is 1.83 bits per heavy atom. The Balaban J connectivity index is 2.63. The molecule has 0 aliphatic carbocycles. The van der Waals surface area contributed by atoms with Crippen LogP contribution in [0.2, 0.25) is 0 Å². The molecule has 0 aliphatic heterocycles. The molecule has 0 bridgehead atoms. The number of aryl methyl sites for hydroxylation is 1. The van der Waals surface area contributed by atoms with Crippen LogP contribution in [0.25, 0.3) is 0 Å². The van der Waals surface area contributed by atoms with Crippen LogP contribution in [0.15, 0.2) is 0 Å². The largest absolute Gasteiger partial charge is 0.325 e. The Bertz CT molecular complexity index is 360. The first-order valence-corrected chi connectivity index (χ1v) is 7.33. The van der Waals surface area contributed by atoms with Crippen molar-refractivity contribution in [2.45, 2.75) is 55.9 Å². The molecule has 18 heavy (non-hydrogen) atoms. The topological polar surface area (TPSA) is 56.7 Å². The lowest BCUT2D eigenvalue weighted by molar-refractivity contribution is 0.508. The van der Waals surface area contributed by atoms with Crippen molar-refractivity contribution in [2.75, 3.05) is 0 Å². The highest BCUT2D eigenvalue weighted by atomic mass is 35.6. The van der Waals surface area contributed by atoms with Crippen molar-refractivity contribution in [1.29, 1.82) is 0 Å². The minimum atomic E-state index is -1.53. The van der Waals surface area contributed by atoms with Gasteiger partial charge in [-0.05, 0) is 6.42 Å². The van der Waals surface area contributed by atoms with Crippen molar-refractivity contribution >= 4 is 34.8 Å². The average molecular weight is 314 g/mol. The van der Waals surface area contributed by atoms with E-state index in [2.05, 4.69) is 17.2 Å². The third kappa shape index (κ3) is 4.57. The number of rotatable bonds is 7. The molecule has 0 spiro atoms. The molecule has 0 aliphatic rings. The van der Waals surface area contributed by atoms with Crippen LogP contribution in [0.5, 0.6) is 0 Å². The smallest absolute Gasteiger partial charge is 0.234 e. The van der Waals surface area contributed by atoms with Crippen LogP contribution in [0.1, 0.15) is 50.4 Å². The van der Waals surface area contributed by atoms with E-state index in [9.17, 15) is 0 Å². The lowest BCUT2D eigenvalue weighted by Crippen LogP contribution is -2.15. The van der Waals surface area contributed by atoms with Crippen molar-refractivity contribution in [3.05, 3.63) is 11.4 Å². The highest BCUT2D eigenvalue weighted by Crippen LogP contribution is 2.39. The van der Waals surface area contributed by atoms with Gasteiger partial charge in [-0.15, -0.1) is 5.10 Å². The van der Waals surface area contributed by atoms with Gasteiger partial charge in [0.15, 0.2) is 0 Å². The molecule has 0 amide bonds. The molecular formula is C11H19Cl3N4. The third-order valence-electron chi connectivity index (χ3n) is 2.74. The third-order valence-corrected chi connectivity index (χ3v) is 3.28. The molecule has 104 valence electrons. The highest BCUT2D eigenvalue weighted by molar-refractivity contribution is 6.66. The summed E-state index contributed by atoms with van der Waals surface area (Å²) in [4.78, 5) is 0. The second kappa shape index (κ2) is 7.53. The van der Waals surface area contributed by atoms with Gasteiger partial charge in [0.05, 0.1) is 0 Å². The molecule has 1 rings (SSSR count). The van der Waals surface area contributed by atoms with Gasteiger partial charge in [-0.25, -0.2) is 4.68 Å². The van der Waals surface area contributed by atoms with Crippen molar-refractivity contribution in [3.8, 4) is 0 Å². The summed E-state index contributed by atoms with van der Waals surface area (Å²) in [7, 11) is 0. The van der Waals surface area contributed by atoms with E-state index < -0.39 is 3.79 Å². The van der Waals surface area contributed by atoms with Gasteiger partial charge in [0.1, 0.15) is 11.4 Å². The lowest BCUT2D eigenvalue weighted by Gasteiger charge is -2.14. The molecule has 1 aromatic rings. The number of aromatic nitrogens is 3. The van der Waals surface area contributed by atoms with E-state index in [-0.39, 0.29) is 6.54 Å². The van der Waals surface area contributed by atoms with Crippen molar-refractivity contribution in [1.82, 2.24) is 15.0 Å². The predicted octanol–water partition coefficient (Wildman–Crippen LogP) is 3.53. The molecular weight excluding hydrogens is 295 g/mol. The van der Waals surface area contributed by atoms with Gasteiger partial charge in [0.2, 0.25) is 3.79 Å². The van der Waals surface area contributed by atoms with E-state index in [1.807, 2.05) is 0 Å². The maximum absolute atomic E-state index is 5.93. The van der Waals surface area contributed by atoms with E-state index in [0.717, 1.165) is 12.8 Å². The number of halogens is 3. The van der Waals surface area contributed by atoms with Crippen molar-refractivity contribution < 1.29 is 0 Å². The Morgan fingerprint density at radius 1 is 1.17 bits per heavy atom. The molecule has 1 aromatic heterocycles. The number of unbranched alkanes of at least 4 members (excludes halogenated alkanes) is 4. The highest BCUT2D eigenvalue weighted by Gasteiger charge is 2.31. The summed E-state index contributed by atoms with van der Waals surface area (Å²) in [6, 6.07) is 0. The SMILES string of the molecule is CCCCCCCn1nnc(CN)c1C(Cl)(Cl)Cl. The summed E-state index contributed by atoms with van der Waals surface area (Å²) in [6.07, 6.45) is 5.84. The monoisotopic (exact) mass is 312 g/mol. The summed E-state index contributed by atoms with van der Waals surface area (Å²) >= 11 is 17.8. The maximum atomic E-state index is 5.93. The number of hydrogen-bond acceptors (Lipinski definition) is 3. The molecule has 2 N–H and O–H groups in total. The molecule has 0 unspecified atom stereocenters. The quantitative estimate of drug-likeness (QED) is 0.619. The van der Waals surface area contributed by atoms with Gasteiger partial charge < -0.3 is 5.73 Å². The molecule has 0 radical (unpaired) electrons. The second-order valence-corrected chi connectivity index (χ2v) is 6.51. The van der Waals surface area contributed by atoms with Gasteiger partial charge in [-0.3, -0.25) is 0 Å². The maximum Gasteiger partial charge on any atom is 0.234 e. The Hall–Kier alpha value is -0.0300. The van der Waals surface area contributed by atoms with Gasteiger partial charge in [0, 0.05) is 13.1 Å². The molecule has 0 fully saturated rings. The van der Waals surface area contributed by atoms with Crippen LogP contribution in [0, 0.1) is 0 Å². The molecule has 7 heteroatoms. The number of nitrogens with two attached hydrogens (primary N) is 1. The van der Waals surface area contributed by atoms with Crippen LogP contribution in [-0.4, -0.2) is 15.0 Å². The van der Waals surface area contributed by atoms with Crippen LogP contribution in [0.4, 0.5) is 0 Å². The zero-order chi connectivity index (χ0) is 13.6. The molecule has 0 saturated carbocycles. The van der Waals surface area contributed by atoms with Crippen LogP contribution >= 0.6 is 34.8 Å². The minimum Gasteiger partial charge on any atom is -0.325 e. The molecule has 4 nitrogen and oxygen atoms in total. The fourth-order valence-electron chi connectivity index (χ4n) is 1.82. The molecule has 0 saturated heterocycles. The van der Waals surface area contributed by atoms with E-state index in [1.54, 1.807) is 4.68 Å². The van der Waals surface area contributed by atoms with Gasteiger partial charge in [-0.1, -0.05) is 72.6 Å². The Labute approximate surface area is 123 Å². The van der Waals surface area contributed by atoms with Gasteiger partial charge >= 0.3 is 0 Å². The zero-order valence-electron chi connectivity index (χ0n) is 10.5. The molecule has 0 atom stereocenters. The van der Waals surface area contributed by atoms with E-state index in [1.165, 1.54) is 19.3 Å². The fraction of sp³-hybridized carbons (Fsp3) is 0.818. The molecule has 0 aromatic carbocycles. The first-order valence-electron chi connectivity index (χ1n) is 6.20. The van der Waals surface area contributed by atoms with Crippen molar-refractivity contribution in [2.24, 2.45) is 5.73 Å². The van der Waals surface area contributed by atoms with E-state index in [4.69, 9.17) is 40.5 Å². The summed E-state index contributed by atoms with van der Waals surface area (Å²) in [5.41, 5.74) is 6.60. The Kier molecular flexibility index (Phi) is 6.71. The first kappa shape index (κ1) is 16.0. The van der Waals surface area contributed by atoms with E-state index >= 15 is 0 Å². The van der Waals surface area contributed by atoms with Crippen LogP contribution < -0.4 is 5.73 Å². The lowest BCUT2D eigenvalue weighted by atomic mass is 10.1. The normalized spacial score (nSPS) is 12.1. The van der Waals surface area contributed by atoms with Crippen molar-refractivity contribution in [3.63, 3.8) is 0 Å². The molecule has 1 heterocycles. The van der Waals surface area contributed by atoms with Crippen LogP contribution in [-0.2, 0) is 16.9 Å². The Morgan fingerprint density at radius 3 is 2.39 bits per heavy atom. The minimum absolute atomic E-state index is 0.221.